The first-order valence-corrected chi connectivity index (χ1v) is 7.52. The summed E-state index contributed by atoms with van der Waals surface area (Å²) >= 11 is 0. The van der Waals surface area contributed by atoms with Crippen molar-refractivity contribution in [1.29, 1.82) is 5.26 Å². The molecular formula is C18H19N3O2. The van der Waals surface area contributed by atoms with Gasteiger partial charge in [-0.3, -0.25) is 0 Å². The van der Waals surface area contributed by atoms with Gasteiger partial charge in [-0.1, -0.05) is 13.3 Å². The molecule has 118 valence electrons. The number of rotatable bonds is 6. The normalized spacial score (nSPS) is 9.74. The first-order valence-electron chi connectivity index (χ1n) is 7.52. The summed E-state index contributed by atoms with van der Waals surface area (Å²) in [6, 6.07) is 15.6. The van der Waals surface area contributed by atoms with E-state index >= 15 is 0 Å². The number of hydrogen-bond acceptors (Lipinski definition) is 3. The number of hydrogen-bond donors (Lipinski definition) is 2. The molecule has 0 bridgehead atoms. The summed E-state index contributed by atoms with van der Waals surface area (Å²) in [5.41, 5.74) is 1.86. The van der Waals surface area contributed by atoms with Crippen LogP contribution in [0.1, 0.15) is 25.3 Å². The quantitative estimate of drug-likeness (QED) is 0.777. The second kappa shape index (κ2) is 8.44. The number of nitriles is 1. The highest BCUT2D eigenvalue weighted by Gasteiger charge is 2.03. The van der Waals surface area contributed by atoms with Crippen molar-refractivity contribution in [2.45, 2.75) is 19.8 Å². The van der Waals surface area contributed by atoms with Gasteiger partial charge in [0.2, 0.25) is 0 Å². The maximum Gasteiger partial charge on any atom is 0.323 e. The minimum Gasteiger partial charge on any atom is -0.494 e. The van der Waals surface area contributed by atoms with Gasteiger partial charge in [-0.2, -0.15) is 5.26 Å². The van der Waals surface area contributed by atoms with Gasteiger partial charge in [0.25, 0.3) is 0 Å². The second-order valence-electron chi connectivity index (χ2n) is 4.99. The van der Waals surface area contributed by atoms with Gasteiger partial charge < -0.3 is 15.4 Å². The Bertz CT molecular complexity index is 673. The van der Waals surface area contributed by atoms with Gasteiger partial charge in [0.1, 0.15) is 5.75 Å². The van der Waals surface area contributed by atoms with Crippen molar-refractivity contribution in [2.24, 2.45) is 0 Å². The lowest BCUT2D eigenvalue weighted by Gasteiger charge is -2.09. The SMILES string of the molecule is CCCCOc1ccc(NC(=O)Nc2ccc(C#N)cc2)cc1. The lowest BCUT2D eigenvalue weighted by molar-refractivity contribution is 0.262. The molecule has 0 heterocycles. The van der Waals surface area contributed by atoms with Crippen LogP contribution in [0.25, 0.3) is 0 Å². The molecule has 0 aliphatic carbocycles. The highest BCUT2D eigenvalue weighted by atomic mass is 16.5. The van der Waals surface area contributed by atoms with Gasteiger partial charge in [0, 0.05) is 11.4 Å². The molecular weight excluding hydrogens is 290 g/mol. The number of carbonyl (C=O) groups is 1. The van der Waals surface area contributed by atoms with E-state index in [9.17, 15) is 4.79 Å². The van der Waals surface area contributed by atoms with Crippen LogP contribution in [0.3, 0.4) is 0 Å². The molecule has 23 heavy (non-hydrogen) atoms. The number of carbonyl (C=O) groups excluding carboxylic acids is 1. The molecule has 0 saturated heterocycles. The highest BCUT2D eigenvalue weighted by Crippen LogP contribution is 2.16. The Morgan fingerprint density at radius 3 is 2.13 bits per heavy atom. The number of anilines is 2. The van der Waals surface area contributed by atoms with E-state index in [0.717, 1.165) is 18.6 Å². The van der Waals surface area contributed by atoms with Crippen molar-refractivity contribution in [3.05, 3.63) is 54.1 Å². The largest absolute Gasteiger partial charge is 0.494 e. The van der Waals surface area contributed by atoms with E-state index in [1.54, 1.807) is 36.4 Å². The third kappa shape index (κ3) is 5.36. The molecule has 0 aliphatic heterocycles. The van der Waals surface area contributed by atoms with Gasteiger partial charge in [0.15, 0.2) is 0 Å². The summed E-state index contributed by atoms with van der Waals surface area (Å²) in [6.45, 7) is 2.81. The van der Waals surface area contributed by atoms with Gasteiger partial charge in [-0.05, 0) is 55.0 Å². The number of unbranched alkanes of at least 4 members (excludes halogenated alkanes) is 1. The molecule has 5 nitrogen and oxygen atoms in total. The van der Waals surface area contributed by atoms with Crippen molar-refractivity contribution >= 4 is 17.4 Å². The fourth-order valence-corrected chi connectivity index (χ4v) is 1.89. The van der Waals surface area contributed by atoms with E-state index in [2.05, 4.69) is 17.6 Å². The minimum atomic E-state index is -0.339. The molecule has 0 atom stereocenters. The van der Waals surface area contributed by atoms with Crippen molar-refractivity contribution in [3.8, 4) is 11.8 Å². The second-order valence-corrected chi connectivity index (χ2v) is 4.99. The van der Waals surface area contributed by atoms with E-state index in [4.69, 9.17) is 10.00 Å². The molecule has 2 N–H and O–H groups in total. The fraction of sp³-hybridized carbons (Fsp3) is 0.222. The number of ether oxygens (including phenoxy) is 1. The molecule has 0 spiro atoms. The lowest BCUT2D eigenvalue weighted by atomic mass is 10.2. The summed E-state index contributed by atoms with van der Waals surface area (Å²) in [5, 5.41) is 14.2. The number of benzene rings is 2. The van der Waals surface area contributed by atoms with Crippen molar-refractivity contribution in [2.75, 3.05) is 17.2 Å². The van der Waals surface area contributed by atoms with Crippen LogP contribution in [0.5, 0.6) is 5.75 Å². The standard InChI is InChI=1S/C18H19N3O2/c1-2-3-12-23-17-10-8-16(9-11-17)21-18(22)20-15-6-4-14(13-19)5-7-15/h4-11H,2-3,12H2,1H3,(H2,20,21,22). The van der Waals surface area contributed by atoms with Crippen LogP contribution in [-0.4, -0.2) is 12.6 Å². The zero-order valence-electron chi connectivity index (χ0n) is 13.0. The van der Waals surface area contributed by atoms with Crippen molar-refractivity contribution < 1.29 is 9.53 Å². The average Bonchev–Trinajstić information content (AvgIpc) is 2.57. The monoisotopic (exact) mass is 309 g/mol. The summed E-state index contributed by atoms with van der Waals surface area (Å²) in [4.78, 5) is 11.9. The van der Waals surface area contributed by atoms with E-state index < -0.39 is 0 Å². The molecule has 0 unspecified atom stereocenters. The molecule has 2 aromatic carbocycles. The zero-order valence-corrected chi connectivity index (χ0v) is 13.0. The van der Waals surface area contributed by atoms with Crippen LogP contribution in [0, 0.1) is 11.3 Å². The molecule has 0 radical (unpaired) electrons. The molecule has 2 amide bonds. The summed E-state index contributed by atoms with van der Waals surface area (Å²) in [6.07, 6.45) is 2.11. The number of nitrogens with zero attached hydrogens (tertiary/aromatic N) is 1. The number of urea groups is 1. The molecule has 2 aromatic rings. The lowest BCUT2D eigenvalue weighted by Crippen LogP contribution is -2.19. The Morgan fingerprint density at radius 2 is 1.61 bits per heavy atom. The Kier molecular flexibility index (Phi) is 6.01. The van der Waals surface area contributed by atoms with Gasteiger partial charge >= 0.3 is 6.03 Å². The summed E-state index contributed by atoms with van der Waals surface area (Å²) < 4.78 is 5.57. The summed E-state index contributed by atoms with van der Waals surface area (Å²) in [5.74, 6) is 0.788. The third-order valence-corrected chi connectivity index (χ3v) is 3.15. The van der Waals surface area contributed by atoms with Crippen LogP contribution in [0.15, 0.2) is 48.5 Å². The topological polar surface area (TPSA) is 74.2 Å². The van der Waals surface area contributed by atoms with Crippen molar-refractivity contribution in [3.63, 3.8) is 0 Å². The maximum atomic E-state index is 11.9. The Hall–Kier alpha value is -3.00. The molecule has 0 saturated carbocycles. The summed E-state index contributed by atoms with van der Waals surface area (Å²) in [7, 11) is 0. The Morgan fingerprint density at radius 1 is 1.04 bits per heavy atom. The van der Waals surface area contributed by atoms with Gasteiger partial charge in [0.05, 0.1) is 18.2 Å². The molecule has 5 heteroatoms. The first kappa shape index (κ1) is 16.4. The van der Waals surface area contributed by atoms with Crippen LogP contribution >= 0.6 is 0 Å². The van der Waals surface area contributed by atoms with E-state index in [-0.39, 0.29) is 6.03 Å². The fourth-order valence-electron chi connectivity index (χ4n) is 1.89. The van der Waals surface area contributed by atoms with Crippen LogP contribution in [0.2, 0.25) is 0 Å². The maximum absolute atomic E-state index is 11.9. The van der Waals surface area contributed by atoms with Gasteiger partial charge in [-0.15, -0.1) is 0 Å². The van der Waals surface area contributed by atoms with Crippen molar-refractivity contribution in [1.82, 2.24) is 0 Å². The van der Waals surface area contributed by atoms with E-state index in [1.807, 2.05) is 18.2 Å². The van der Waals surface area contributed by atoms with E-state index in [1.165, 1.54) is 0 Å². The first-order chi connectivity index (χ1) is 11.2. The molecule has 2 rings (SSSR count). The Balaban J connectivity index is 1.85. The van der Waals surface area contributed by atoms with E-state index in [0.29, 0.717) is 23.5 Å². The smallest absolute Gasteiger partial charge is 0.323 e. The van der Waals surface area contributed by atoms with Crippen LogP contribution in [0.4, 0.5) is 16.2 Å². The van der Waals surface area contributed by atoms with Gasteiger partial charge in [-0.25, -0.2) is 4.79 Å². The molecule has 0 aliphatic rings. The highest BCUT2D eigenvalue weighted by molar-refractivity contribution is 5.99. The van der Waals surface area contributed by atoms with Crippen LogP contribution in [-0.2, 0) is 0 Å². The minimum absolute atomic E-state index is 0.339. The zero-order chi connectivity index (χ0) is 16.5. The predicted octanol–water partition coefficient (Wildman–Crippen LogP) is 4.38. The predicted molar refractivity (Wildman–Crippen MR) is 90.6 cm³/mol. The number of amides is 2. The molecule has 0 fully saturated rings. The third-order valence-electron chi connectivity index (χ3n) is 3.15. The average molecular weight is 309 g/mol. The Labute approximate surface area is 135 Å². The van der Waals surface area contributed by atoms with Crippen LogP contribution < -0.4 is 15.4 Å². The number of nitrogens with one attached hydrogen (secondary N) is 2. The molecule has 0 aromatic heterocycles.